The molecule has 1 aliphatic rings. The molecule has 3 rings (SSSR count). The number of pyridine rings is 1. The molecule has 156 valence electrons. The second kappa shape index (κ2) is 9.40. The van der Waals surface area contributed by atoms with Crippen LogP contribution in [-0.4, -0.2) is 48.2 Å². The van der Waals surface area contributed by atoms with Crippen LogP contribution in [0.15, 0.2) is 48.7 Å². The molecule has 0 N–H and O–H groups in total. The van der Waals surface area contributed by atoms with E-state index in [1.54, 1.807) is 6.20 Å². The number of hydrogen-bond donors (Lipinski definition) is 0. The Labute approximate surface area is 174 Å². The second-order valence-electron chi connectivity index (χ2n) is 8.79. The zero-order chi connectivity index (χ0) is 20.9. The average molecular weight is 397 g/mol. The number of nitrogens with zero attached hydrogens (tertiary/aromatic N) is 2. The first kappa shape index (κ1) is 21.3. The summed E-state index contributed by atoms with van der Waals surface area (Å²) in [6.07, 6.45) is 4.84. The lowest BCUT2D eigenvalue weighted by molar-refractivity contribution is 0.0595. The Morgan fingerprint density at radius 3 is 2.59 bits per heavy atom. The molecule has 0 aliphatic carbocycles. The van der Waals surface area contributed by atoms with E-state index in [2.05, 4.69) is 25.8 Å². The van der Waals surface area contributed by atoms with Gasteiger partial charge in [0.25, 0.3) is 5.91 Å². The minimum absolute atomic E-state index is 0.00605. The summed E-state index contributed by atoms with van der Waals surface area (Å²) in [5.74, 6) is 0.770. The molecule has 5 heteroatoms. The Kier molecular flexibility index (Phi) is 6.91. The molecule has 1 fully saturated rings. The summed E-state index contributed by atoms with van der Waals surface area (Å²) >= 11 is 0. The molecule has 1 saturated heterocycles. The first-order chi connectivity index (χ1) is 13.8. The van der Waals surface area contributed by atoms with E-state index in [1.165, 1.54) is 0 Å². The van der Waals surface area contributed by atoms with Crippen LogP contribution in [-0.2, 0) is 11.2 Å². The van der Waals surface area contributed by atoms with Gasteiger partial charge in [0.1, 0.15) is 12.4 Å². The van der Waals surface area contributed by atoms with Gasteiger partial charge in [0.15, 0.2) is 0 Å². The minimum atomic E-state index is -0.0771. The average Bonchev–Trinajstić information content (AvgIpc) is 3.23. The molecule has 0 saturated carbocycles. The largest absolute Gasteiger partial charge is 0.491 e. The maximum absolute atomic E-state index is 13.1. The molecule has 0 spiro atoms. The molecule has 0 unspecified atom stereocenters. The monoisotopic (exact) mass is 396 g/mol. The number of carbonyl (C=O) groups is 1. The fourth-order valence-electron chi connectivity index (χ4n) is 3.74. The third-order valence-electron chi connectivity index (χ3n) is 5.48. The van der Waals surface area contributed by atoms with Gasteiger partial charge in [-0.2, -0.15) is 0 Å². The lowest BCUT2D eigenvalue weighted by Gasteiger charge is -2.38. The summed E-state index contributed by atoms with van der Waals surface area (Å²) in [5, 5.41) is 0. The van der Waals surface area contributed by atoms with Crippen LogP contribution in [0.25, 0.3) is 0 Å². The SMILES string of the molecule is CN(C(=O)c1ccc(OC[C@@H]2CCCO2)cc1)[C@@H](Cc1ccccn1)C(C)(C)C. The standard InChI is InChI=1S/C24H32N2O3/c1-24(2,3)22(16-19-8-5-6-14-25-19)26(4)23(27)18-10-12-20(13-11-18)29-17-21-9-7-15-28-21/h5-6,8,10-14,21-22H,7,9,15-17H2,1-4H3/t21-,22-/m0/s1. The van der Waals surface area contributed by atoms with Crippen molar-refractivity contribution in [3.8, 4) is 5.75 Å². The Morgan fingerprint density at radius 2 is 2.00 bits per heavy atom. The smallest absolute Gasteiger partial charge is 0.253 e. The molecule has 5 nitrogen and oxygen atoms in total. The third-order valence-corrected chi connectivity index (χ3v) is 5.48. The molecule has 0 radical (unpaired) electrons. The number of benzene rings is 1. The quantitative estimate of drug-likeness (QED) is 0.697. The number of rotatable bonds is 7. The van der Waals surface area contributed by atoms with Crippen molar-refractivity contribution in [1.82, 2.24) is 9.88 Å². The van der Waals surface area contributed by atoms with Crippen molar-refractivity contribution in [2.75, 3.05) is 20.3 Å². The van der Waals surface area contributed by atoms with Crippen molar-refractivity contribution in [3.05, 3.63) is 59.9 Å². The van der Waals surface area contributed by atoms with Gasteiger partial charge in [-0.3, -0.25) is 9.78 Å². The summed E-state index contributed by atoms with van der Waals surface area (Å²) in [6, 6.07) is 13.3. The van der Waals surface area contributed by atoms with Crippen LogP contribution in [0.4, 0.5) is 0 Å². The Balaban J connectivity index is 1.66. The fraction of sp³-hybridized carbons (Fsp3) is 0.500. The zero-order valence-electron chi connectivity index (χ0n) is 17.9. The van der Waals surface area contributed by atoms with Crippen LogP contribution in [0.2, 0.25) is 0 Å². The van der Waals surface area contributed by atoms with Crippen molar-refractivity contribution in [3.63, 3.8) is 0 Å². The maximum Gasteiger partial charge on any atom is 0.253 e. The molecule has 2 heterocycles. The molecule has 1 aromatic carbocycles. The molecule has 1 aromatic heterocycles. The normalized spacial score (nSPS) is 17.7. The highest BCUT2D eigenvalue weighted by Crippen LogP contribution is 2.28. The van der Waals surface area contributed by atoms with Crippen LogP contribution in [0.3, 0.4) is 0 Å². The van der Waals surface area contributed by atoms with Gasteiger partial charge in [0.05, 0.1) is 6.10 Å². The van der Waals surface area contributed by atoms with Gasteiger partial charge in [0.2, 0.25) is 0 Å². The van der Waals surface area contributed by atoms with Gasteiger partial charge in [0, 0.05) is 43.6 Å². The molecular formula is C24H32N2O3. The highest BCUT2D eigenvalue weighted by atomic mass is 16.5. The highest BCUT2D eigenvalue weighted by Gasteiger charge is 2.32. The Morgan fingerprint density at radius 1 is 1.24 bits per heavy atom. The van der Waals surface area contributed by atoms with E-state index in [0.717, 1.165) is 37.3 Å². The van der Waals surface area contributed by atoms with Crippen molar-refractivity contribution >= 4 is 5.91 Å². The number of likely N-dealkylation sites (N-methyl/N-ethyl adjacent to an activating group) is 1. The molecule has 1 aliphatic heterocycles. The van der Waals surface area contributed by atoms with Crippen LogP contribution in [0.5, 0.6) is 5.75 Å². The Hall–Kier alpha value is -2.40. The van der Waals surface area contributed by atoms with E-state index >= 15 is 0 Å². The van der Waals surface area contributed by atoms with Crippen LogP contribution in [0.1, 0.15) is 49.7 Å². The predicted octanol–water partition coefficient (Wildman–Crippen LogP) is 4.37. The van der Waals surface area contributed by atoms with Crippen LogP contribution >= 0.6 is 0 Å². The number of amides is 1. The highest BCUT2D eigenvalue weighted by molar-refractivity contribution is 5.94. The van der Waals surface area contributed by atoms with E-state index in [0.29, 0.717) is 12.2 Å². The molecule has 0 bridgehead atoms. The fourth-order valence-corrected chi connectivity index (χ4v) is 3.74. The number of hydrogen-bond acceptors (Lipinski definition) is 4. The summed E-state index contributed by atoms with van der Waals surface area (Å²) in [4.78, 5) is 19.4. The Bertz CT molecular complexity index is 778. The summed E-state index contributed by atoms with van der Waals surface area (Å²) in [5.41, 5.74) is 1.57. The van der Waals surface area contributed by atoms with E-state index < -0.39 is 0 Å². The zero-order valence-corrected chi connectivity index (χ0v) is 17.9. The van der Waals surface area contributed by atoms with Crippen molar-refractivity contribution < 1.29 is 14.3 Å². The molecule has 1 amide bonds. The van der Waals surface area contributed by atoms with Gasteiger partial charge in [-0.05, 0) is 54.7 Å². The molecule has 2 atom stereocenters. The van der Waals surface area contributed by atoms with Gasteiger partial charge in [-0.15, -0.1) is 0 Å². The molecule has 2 aromatic rings. The lowest BCUT2D eigenvalue weighted by Crippen LogP contribution is -2.46. The first-order valence-electron chi connectivity index (χ1n) is 10.4. The van der Waals surface area contributed by atoms with Crippen LogP contribution < -0.4 is 4.74 Å². The van der Waals surface area contributed by atoms with E-state index in [1.807, 2.05) is 54.4 Å². The van der Waals surface area contributed by atoms with Crippen molar-refractivity contribution in [2.24, 2.45) is 5.41 Å². The van der Waals surface area contributed by atoms with E-state index in [-0.39, 0.29) is 23.5 Å². The van der Waals surface area contributed by atoms with Crippen LogP contribution in [0, 0.1) is 5.41 Å². The van der Waals surface area contributed by atoms with E-state index in [4.69, 9.17) is 9.47 Å². The maximum atomic E-state index is 13.1. The molecular weight excluding hydrogens is 364 g/mol. The minimum Gasteiger partial charge on any atom is -0.491 e. The summed E-state index contributed by atoms with van der Waals surface area (Å²) < 4.78 is 11.4. The van der Waals surface area contributed by atoms with Gasteiger partial charge < -0.3 is 14.4 Å². The van der Waals surface area contributed by atoms with E-state index in [9.17, 15) is 4.79 Å². The first-order valence-corrected chi connectivity index (χ1v) is 10.4. The number of carbonyl (C=O) groups excluding carboxylic acids is 1. The topological polar surface area (TPSA) is 51.7 Å². The van der Waals surface area contributed by atoms with Gasteiger partial charge in [-0.1, -0.05) is 26.8 Å². The molecule has 29 heavy (non-hydrogen) atoms. The second-order valence-corrected chi connectivity index (χ2v) is 8.79. The summed E-state index contributed by atoms with van der Waals surface area (Å²) in [7, 11) is 1.88. The van der Waals surface area contributed by atoms with Crippen molar-refractivity contribution in [2.45, 2.75) is 52.2 Å². The summed E-state index contributed by atoms with van der Waals surface area (Å²) in [6.45, 7) is 7.86. The van der Waals surface area contributed by atoms with Crippen molar-refractivity contribution in [1.29, 1.82) is 0 Å². The third kappa shape index (κ3) is 5.80. The van der Waals surface area contributed by atoms with Gasteiger partial charge >= 0.3 is 0 Å². The number of ether oxygens (including phenoxy) is 2. The number of aromatic nitrogens is 1. The predicted molar refractivity (Wildman–Crippen MR) is 114 cm³/mol. The van der Waals surface area contributed by atoms with Gasteiger partial charge in [-0.25, -0.2) is 0 Å². The lowest BCUT2D eigenvalue weighted by atomic mass is 9.82.